The molecule has 0 aliphatic carbocycles. The molecule has 0 saturated carbocycles. The Labute approximate surface area is 106 Å². The van der Waals surface area contributed by atoms with E-state index in [1.54, 1.807) is 0 Å². The van der Waals surface area contributed by atoms with Crippen molar-refractivity contribution in [2.45, 2.75) is 38.1 Å². The topological polar surface area (TPSA) is 77.9 Å². The zero-order chi connectivity index (χ0) is 13.1. The van der Waals surface area contributed by atoms with Crippen molar-refractivity contribution >= 4 is 17.8 Å². The number of likely N-dealkylation sites (tertiary alicyclic amines) is 2. The fraction of sp³-hybridized carbons (Fsp3) is 0.750. The molecule has 0 aromatic heterocycles. The Bertz CT molecular complexity index is 369. The van der Waals surface area contributed by atoms with Crippen molar-refractivity contribution in [3.63, 3.8) is 0 Å². The third-order valence-electron chi connectivity index (χ3n) is 3.61. The van der Waals surface area contributed by atoms with E-state index in [0.717, 1.165) is 19.3 Å². The lowest BCUT2D eigenvalue weighted by molar-refractivity contribution is -0.153. The number of carboxylic acids is 1. The molecule has 0 unspecified atom stereocenters. The summed E-state index contributed by atoms with van der Waals surface area (Å²) in [5.41, 5.74) is 0. The van der Waals surface area contributed by atoms with E-state index in [-0.39, 0.29) is 18.4 Å². The van der Waals surface area contributed by atoms with Crippen LogP contribution >= 0.6 is 0 Å². The van der Waals surface area contributed by atoms with Crippen LogP contribution in [-0.2, 0) is 14.4 Å². The molecule has 0 spiro atoms. The monoisotopic (exact) mass is 254 g/mol. The summed E-state index contributed by atoms with van der Waals surface area (Å²) in [6.45, 7) is 1.12. The van der Waals surface area contributed by atoms with Crippen LogP contribution in [-0.4, -0.2) is 58.4 Å². The summed E-state index contributed by atoms with van der Waals surface area (Å²) in [5.74, 6) is -1.19. The van der Waals surface area contributed by atoms with Gasteiger partial charge in [0.05, 0.1) is 6.54 Å². The van der Waals surface area contributed by atoms with E-state index in [1.807, 2.05) is 0 Å². The number of carboxylic acid groups (broad SMARTS) is 1. The van der Waals surface area contributed by atoms with Crippen LogP contribution in [0.5, 0.6) is 0 Å². The second-order valence-electron chi connectivity index (χ2n) is 4.86. The maximum absolute atomic E-state index is 12.1. The van der Waals surface area contributed by atoms with Crippen LogP contribution in [0.3, 0.4) is 0 Å². The quantitative estimate of drug-likeness (QED) is 0.773. The van der Waals surface area contributed by atoms with E-state index in [9.17, 15) is 14.4 Å². The highest BCUT2D eigenvalue weighted by Gasteiger charge is 2.33. The minimum atomic E-state index is -0.948. The molecule has 0 radical (unpaired) electrons. The Morgan fingerprint density at radius 1 is 1.22 bits per heavy atom. The van der Waals surface area contributed by atoms with Gasteiger partial charge in [-0.1, -0.05) is 0 Å². The van der Waals surface area contributed by atoms with Gasteiger partial charge in [-0.2, -0.15) is 0 Å². The molecule has 2 heterocycles. The predicted octanol–water partition coefficient (Wildman–Crippen LogP) is 0.0745. The number of aliphatic carboxylic acids is 1. The summed E-state index contributed by atoms with van der Waals surface area (Å²) in [5, 5.41) is 9.10. The molecular weight excluding hydrogens is 236 g/mol. The van der Waals surface area contributed by atoms with Crippen LogP contribution in [0.1, 0.15) is 32.1 Å². The summed E-state index contributed by atoms with van der Waals surface area (Å²) < 4.78 is 0. The van der Waals surface area contributed by atoms with Crippen molar-refractivity contribution < 1.29 is 19.5 Å². The van der Waals surface area contributed by atoms with Gasteiger partial charge in [-0.05, 0) is 25.7 Å². The van der Waals surface area contributed by atoms with E-state index >= 15 is 0 Å². The van der Waals surface area contributed by atoms with Gasteiger partial charge in [0, 0.05) is 19.5 Å². The first-order valence-corrected chi connectivity index (χ1v) is 6.39. The molecule has 0 aromatic rings. The highest BCUT2D eigenvalue weighted by atomic mass is 16.4. The van der Waals surface area contributed by atoms with Gasteiger partial charge < -0.3 is 14.9 Å². The van der Waals surface area contributed by atoms with Gasteiger partial charge in [0.1, 0.15) is 6.04 Å². The number of rotatable bonds is 3. The number of nitrogens with zero attached hydrogens (tertiary/aromatic N) is 2. The van der Waals surface area contributed by atoms with Crippen LogP contribution in [0.4, 0.5) is 0 Å². The molecule has 2 fully saturated rings. The second kappa shape index (κ2) is 5.37. The fourth-order valence-corrected chi connectivity index (χ4v) is 2.61. The van der Waals surface area contributed by atoms with Gasteiger partial charge in [-0.15, -0.1) is 0 Å². The lowest BCUT2D eigenvalue weighted by atomic mass is 10.0. The molecule has 2 saturated heterocycles. The third-order valence-corrected chi connectivity index (χ3v) is 3.61. The van der Waals surface area contributed by atoms with E-state index in [4.69, 9.17) is 5.11 Å². The molecule has 100 valence electrons. The molecule has 6 heteroatoms. The fourth-order valence-electron chi connectivity index (χ4n) is 2.61. The number of hydrogen-bond acceptors (Lipinski definition) is 3. The number of carbonyl (C=O) groups excluding carboxylic acids is 2. The van der Waals surface area contributed by atoms with Crippen molar-refractivity contribution in [3.8, 4) is 0 Å². The Morgan fingerprint density at radius 3 is 2.61 bits per heavy atom. The maximum atomic E-state index is 12.1. The Balaban J connectivity index is 1.97. The Kier molecular flexibility index (Phi) is 3.84. The molecule has 2 aliphatic rings. The maximum Gasteiger partial charge on any atom is 0.326 e. The lowest BCUT2D eigenvalue weighted by Gasteiger charge is -2.34. The van der Waals surface area contributed by atoms with Crippen molar-refractivity contribution in [2.24, 2.45) is 0 Å². The average molecular weight is 254 g/mol. The number of hydrogen-bond donors (Lipinski definition) is 1. The SMILES string of the molecule is O=C(O)[C@@H]1CCCCN1C(=O)CN1CCCC1=O. The first kappa shape index (κ1) is 12.9. The molecule has 2 amide bonds. The van der Waals surface area contributed by atoms with Gasteiger partial charge in [0.15, 0.2) is 0 Å². The van der Waals surface area contributed by atoms with E-state index in [1.165, 1.54) is 9.80 Å². The molecule has 18 heavy (non-hydrogen) atoms. The van der Waals surface area contributed by atoms with Gasteiger partial charge >= 0.3 is 5.97 Å². The number of amides is 2. The van der Waals surface area contributed by atoms with Crippen molar-refractivity contribution in [3.05, 3.63) is 0 Å². The minimum absolute atomic E-state index is 0.00719. The molecule has 1 atom stereocenters. The van der Waals surface area contributed by atoms with Gasteiger partial charge in [-0.3, -0.25) is 9.59 Å². The van der Waals surface area contributed by atoms with Crippen molar-refractivity contribution in [2.75, 3.05) is 19.6 Å². The number of piperidine rings is 1. The van der Waals surface area contributed by atoms with Crippen LogP contribution in [0, 0.1) is 0 Å². The Morgan fingerprint density at radius 2 is 2.00 bits per heavy atom. The highest BCUT2D eigenvalue weighted by Crippen LogP contribution is 2.18. The predicted molar refractivity (Wildman–Crippen MR) is 62.8 cm³/mol. The molecule has 2 rings (SSSR count). The van der Waals surface area contributed by atoms with E-state index in [0.29, 0.717) is 25.9 Å². The lowest BCUT2D eigenvalue weighted by Crippen LogP contribution is -2.51. The van der Waals surface area contributed by atoms with Gasteiger partial charge in [0.25, 0.3) is 0 Å². The largest absolute Gasteiger partial charge is 0.480 e. The van der Waals surface area contributed by atoms with Crippen LogP contribution < -0.4 is 0 Å². The molecule has 0 bridgehead atoms. The minimum Gasteiger partial charge on any atom is -0.480 e. The smallest absolute Gasteiger partial charge is 0.326 e. The normalized spacial score (nSPS) is 24.4. The van der Waals surface area contributed by atoms with Crippen molar-refractivity contribution in [1.82, 2.24) is 9.80 Å². The summed E-state index contributed by atoms with van der Waals surface area (Å²) >= 11 is 0. The second-order valence-corrected chi connectivity index (χ2v) is 4.86. The zero-order valence-corrected chi connectivity index (χ0v) is 10.3. The molecular formula is C12H18N2O4. The van der Waals surface area contributed by atoms with Crippen LogP contribution in [0.15, 0.2) is 0 Å². The third kappa shape index (κ3) is 2.63. The standard InChI is InChI=1S/C12H18N2O4/c15-10-5-3-6-13(10)8-11(16)14-7-2-1-4-9(14)12(17)18/h9H,1-8H2,(H,17,18)/t9-/m0/s1. The van der Waals surface area contributed by atoms with Gasteiger partial charge in [-0.25, -0.2) is 4.79 Å². The van der Waals surface area contributed by atoms with E-state index in [2.05, 4.69) is 0 Å². The zero-order valence-electron chi connectivity index (χ0n) is 10.3. The first-order chi connectivity index (χ1) is 8.59. The van der Waals surface area contributed by atoms with E-state index < -0.39 is 12.0 Å². The van der Waals surface area contributed by atoms with Crippen LogP contribution in [0.2, 0.25) is 0 Å². The highest BCUT2D eigenvalue weighted by molar-refractivity contribution is 5.88. The van der Waals surface area contributed by atoms with Gasteiger partial charge in [0.2, 0.25) is 11.8 Å². The average Bonchev–Trinajstić information content (AvgIpc) is 2.75. The van der Waals surface area contributed by atoms with Crippen molar-refractivity contribution in [1.29, 1.82) is 0 Å². The van der Waals surface area contributed by atoms with Crippen LogP contribution in [0.25, 0.3) is 0 Å². The summed E-state index contributed by atoms with van der Waals surface area (Å²) in [6.07, 6.45) is 3.46. The molecule has 6 nitrogen and oxygen atoms in total. The summed E-state index contributed by atoms with van der Waals surface area (Å²) in [7, 11) is 0. The Hall–Kier alpha value is -1.59. The molecule has 2 aliphatic heterocycles. The molecule has 1 N–H and O–H groups in total. The molecule has 0 aromatic carbocycles. The number of carbonyl (C=O) groups is 3. The summed E-state index contributed by atoms with van der Waals surface area (Å²) in [4.78, 5) is 37.6. The first-order valence-electron chi connectivity index (χ1n) is 6.39. The summed E-state index contributed by atoms with van der Waals surface area (Å²) in [6, 6.07) is -0.719.